The number of fused-ring (bicyclic) bond motifs is 1. The Labute approximate surface area is 110 Å². The number of alkyl halides is 1. The molecule has 1 aliphatic rings. The van der Waals surface area contributed by atoms with Crippen LogP contribution in [0.15, 0.2) is 42.5 Å². The Kier molecular flexibility index (Phi) is 3.38. The molecule has 0 fully saturated rings. The maximum atomic E-state index is 11.5. The molecule has 16 heavy (non-hydrogen) atoms. The van der Waals surface area contributed by atoms with E-state index in [9.17, 15) is 4.21 Å². The highest BCUT2D eigenvalue weighted by Gasteiger charge is 2.26. The van der Waals surface area contributed by atoms with Crippen LogP contribution in [-0.2, 0) is 14.3 Å². The SMILES string of the molecule is CC1(Br)C=CC=C(S(=O)Cl)c2ccccc21. The lowest BCUT2D eigenvalue weighted by molar-refractivity contribution is 0.696. The van der Waals surface area contributed by atoms with E-state index in [0.29, 0.717) is 4.91 Å². The standard InChI is InChI=1S/C12H10BrClOS/c1-12(13)8-4-7-11(16(14)15)9-5-2-3-6-10(9)12/h2-8H,1H3. The van der Waals surface area contributed by atoms with Gasteiger partial charge in [0.15, 0.2) is 0 Å². The highest BCUT2D eigenvalue weighted by Crippen LogP contribution is 2.40. The maximum Gasteiger partial charge on any atom is 0.148 e. The minimum atomic E-state index is -1.50. The summed E-state index contributed by atoms with van der Waals surface area (Å²) in [6.07, 6.45) is 5.70. The second kappa shape index (κ2) is 4.47. The summed E-state index contributed by atoms with van der Waals surface area (Å²) in [5.74, 6) is 0. The van der Waals surface area contributed by atoms with Crippen LogP contribution in [0.5, 0.6) is 0 Å². The van der Waals surface area contributed by atoms with Crippen molar-refractivity contribution in [1.82, 2.24) is 0 Å². The molecule has 2 unspecified atom stereocenters. The first-order chi connectivity index (χ1) is 7.52. The quantitative estimate of drug-likeness (QED) is 0.563. The van der Waals surface area contributed by atoms with E-state index in [2.05, 4.69) is 22.9 Å². The molecule has 1 aliphatic carbocycles. The summed E-state index contributed by atoms with van der Waals surface area (Å²) in [7, 11) is 4.21. The molecular formula is C12H10BrClOS. The largest absolute Gasteiger partial charge is 0.237 e. The second-order valence-electron chi connectivity index (χ2n) is 3.73. The number of hydrogen-bond acceptors (Lipinski definition) is 1. The molecule has 1 nitrogen and oxygen atoms in total. The first-order valence-corrected chi connectivity index (χ1v) is 7.55. The monoisotopic (exact) mass is 316 g/mol. The van der Waals surface area contributed by atoms with Gasteiger partial charge in [0, 0.05) is 0 Å². The molecule has 0 spiro atoms. The van der Waals surface area contributed by atoms with Gasteiger partial charge in [0.05, 0.1) is 9.23 Å². The molecule has 0 N–H and O–H groups in total. The molecule has 0 aromatic heterocycles. The van der Waals surface area contributed by atoms with Crippen molar-refractivity contribution < 1.29 is 4.21 Å². The summed E-state index contributed by atoms with van der Waals surface area (Å²) in [6.45, 7) is 2.05. The van der Waals surface area contributed by atoms with Crippen molar-refractivity contribution >= 4 is 41.5 Å². The number of allylic oxidation sites excluding steroid dienone is 3. The fourth-order valence-corrected chi connectivity index (χ4v) is 3.20. The molecule has 0 aliphatic heterocycles. The van der Waals surface area contributed by atoms with Crippen LogP contribution in [-0.4, -0.2) is 4.21 Å². The average Bonchev–Trinajstić information content (AvgIpc) is 2.36. The Morgan fingerprint density at radius 1 is 1.38 bits per heavy atom. The van der Waals surface area contributed by atoms with Gasteiger partial charge in [-0.25, -0.2) is 4.21 Å². The van der Waals surface area contributed by atoms with Crippen LogP contribution < -0.4 is 0 Å². The summed E-state index contributed by atoms with van der Waals surface area (Å²) in [4.78, 5) is 0.650. The van der Waals surface area contributed by atoms with Crippen LogP contribution in [0.1, 0.15) is 18.1 Å². The fourth-order valence-electron chi connectivity index (χ4n) is 1.76. The average molecular weight is 318 g/mol. The molecule has 1 aromatic carbocycles. The number of halogens is 2. The third-order valence-corrected chi connectivity index (χ3v) is 4.44. The molecule has 2 atom stereocenters. The predicted octanol–water partition coefficient (Wildman–Crippen LogP) is 4.11. The van der Waals surface area contributed by atoms with Gasteiger partial charge in [0.1, 0.15) is 10.0 Å². The zero-order valence-electron chi connectivity index (χ0n) is 8.61. The second-order valence-corrected chi connectivity index (χ2v) is 7.11. The maximum absolute atomic E-state index is 11.5. The van der Waals surface area contributed by atoms with E-state index in [-0.39, 0.29) is 4.32 Å². The van der Waals surface area contributed by atoms with Crippen LogP contribution in [0.4, 0.5) is 0 Å². The minimum absolute atomic E-state index is 0.252. The number of hydrogen-bond donors (Lipinski definition) is 0. The first-order valence-electron chi connectivity index (χ1n) is 4.79. The molecule has 0 heterocycles. The zero-order chi connectivity index (χ0) is 11.8. The van der Waals surface area contributed by atoms with Crippen molar-refractivity contribution in [3.05, 3.63) is 53.6 Å². The van der Waals surface area contributed by atoms with E-state index >= 15 is 0 Å². The highest BCUT2D eigenvalue weighted by atomic mass is 79.9. The van der Waals surface area contributed by atoms with Crippen molar-refractivity contribution in [2.75, 3.05) is 0 Å². The lowest BCUT2D eigenvalue weighted by atomic mass is 9.96. The minimum Gasteiger partial charge on any atom is -0.237 e. The van der Waals surface area contributed by atoms with Crippen molar-refractivity contribution in [1.29, 1.82) is 0 Å². The molecule has 0 bridgehead atoms. The Balaban J connectivity index is 2.70. The molecule has 4 heteroatoms. The van der Waals surface area contributed by atoms with Gasteiger partial charge < -0.3 is 0 Å². The lowest BCUT2D eigenvalue weighted by Gasteiger charge is -2.20. The predicted molar refractivity (Wildman–Crippen MR) is 73.8 cm³/mol. The molecule has 84 valence electrons. The summed E-state index contributed by atoms with van der Waals surface area (Å²) < 4.78 is 11.2. The van der Waals surface area contributed by atoms with Crippen LogP contribution >= 0.6 is 26.6 Å². The summed E-state index contributed by atoms with van der Waals surface area (Å²) in [6, 6.07) is 7.84. The van der Waals surface area contributed by atoms with Gasteiger partial charge in [0.2, 0.25) is 0 Å². The smallest absolute Gasteiger partial charge is 0.148 e. The van der Waals surface area contributed by atoms with Crippen molar-refractivity contribution in [3.8, 4) is 0 Å². The van der Waals surface area contributed by atoms with Crippen LogP contribution in [0, 0.1) is 0 Å². The lowest BCUT2D eigenvalue weighted by Crippen LogP contribution is -2.11. The molecule has 0 radical (unpaired) electrons. The van der Waals surface area contributed by atoms with Crippen molar-refractivity contribution in [3.63, 3.8) is 0 Å². The van der Waals surface area contributed by atoms with E-state index in [1.165, 1.54) is 0 Å². The summed E-state index contributed by atoms with van der Waals surface area (Å²) in [5.41, 5.74) is 2.00. The molecule has 2 rings (SSSR count). The molecule has 0 amide bonds. The van der Waals surface area contributed by atoms with Gasteiger partial charge in [-0.05, 0) is 34.8 Å². The van der Waals surface area contributed by atoms with Crippen LogP contribution in [0.3, 0.4) is 0 Å². The van der Waals surface area contributed by atoms with Gasteiger partial charge in [-0.15, -0.1) is 0 Å². The van der Waals surface area contributed by atoms with E-state index in [1.54, 1.807) is 6.08 Å². The topological polar surface area (TPSA) is 17.1 Å². The Bertz CT molecular complexity index is 505. The third-order valence-electron chi connectivity index (χ3n) is 2.55. The van der Waals surface area contributed by atoms with Gasteiger partial charge >= 0.3 is 0 Å². The molecule has 1 aromatic rings. The fraction of sp³-hybridized carbons (Fsp3) is 0.167. The Morgan fingerprint density at radius 3 is 2.75 bits per heavy atom. The van der Waals surface area contributed by atoms with Gasteiger partial charge in [-0.1, -0.05) is 52.3 Å². The van der Waals surface area contributed by atoms with Crippen molar-refractivity contribution in [2.24, 2.45) is 0 Å². The molecular weight excluding hydrogens is 308 g/mol. The first kappa shape index (κ1) is 12.1. The van der Waals surface area contributed by atoms with Crippen molar-refractivity contribution in [2.45, 2.75) is 11.2 Å². The highest BCUT2D eigenvalue weighted by molar-refractivity contribution is 9.09. The molecule has 0 saturated carbocycles. The molecule has 0 saturated heterocycles. The Hall–Kier alpha value is -0.380. The summed E-state index contributed by atoms with van der Waals surface area (Å²) >= 11 is 3.66. The zero-order valence-corrected chi connectivity index (χ0v) is 11.8. The van der Waals surface area contributed by atoms with E-state index in [4.69, 9.17) is 10.7 Å². The van der Waals surface area contributed by atoms with Crippen LogP contribution in [0.2, 0.25) is 0 Å². The number of benzene rings is 1. The Morgan fingerprint density at radius 2 is 2.06 bits per heavy atom. The van der Waals surface area contributed by atoms with E-state index < -0.39 is 10.0 Å². The van der Waals surface area contributed by atoms with Gasteiger partial charge in [-0.3, -0.25) is 0 Å². The number of rotatable bonds is 1. The van der Waals surface area contributed by atoms with Gasteiger partial charge in [-0.2, -0.15) is 0 Å². The van der Waals surface area contributed by atoms with E-state index in [1.807, 2.05) is 36.4 Å². The van der Waals surface area contributed by atoms with E-state index in [0.717, 1.165) is 11.1 Å². The van der Waals surface area contributed by atoms with Crippen LogP contribution in [0.25, 0.3) is 4.91 Å². The third kappa shape index (κ3) is 2.17. The van der Waals surface area contributed by atoms with Gasteiger partial charge in [0.25, 0.3) is 0 Å². The normalized spacial score (nSPS) is 25.6. The summed E-state index contributed by atoms with van der Waals surface area (Å²) in [5, 5.41) is 0.